The second-order valence-electron chi connectivity index (χ2n) is 6.28. The van der Waals surface area contributed by atoms with Crippen molar-refractivity contribution < 1.29 is 19.1 Å². The smallest absolute Gasteiger partial charge is 0.343 e. The number of aryl methyl sites for hydroxylation is 2. The van der Waals surface area contributed by atoms with E-state index in [0.29, 0.717) is 35.5 Å². The van der Waals surface area contributed by atoms with Crippen LogP contribution >= 0.6 is 0 Å². The molecule has 0 N–H and O–H groups in total. The SMILES string of the molecule is Cc1ccc(C(=O)OC2=CC=C(OC(=O)c3ccc(C)cc3)CC2)cc1. The highest BCUT2D eigenvalue weighted by Crippen LogP contribution is 2.22. The Balaban J connectivity index is 1.60. The van der Waals surface area contributed by atoms with Crippen LogP contribution in [0.3, 0.4) is 0 Å². The maximum Gasteiger partial charge on any atom is 0.343 e. The van der Waals surface area contributed by atoms with E-state index in [1.165, 1.54) is 0 Å². The second kappa shape index (κ2) is 7.83. The zero-order chi connectivity index (χ0) is 18.5. The van der Waals surface area contributed by atoms with E-state index in [0.717, 1.165) is 11.1 Å². The molecule has 0 heterocycles. The van der Waals surface area contributed by atoms with Crippen molar-refractivity contribution in [3.8, 4) is 0 Å². The lowest BCUT2D eigenvalue weighted by molar-refractivity contribution is 0.0571. The molecule has 3 rings (SSSR count). The molecule has 4 nitrogen and oxygen atoms in total. The molecule has 26 heavy (non-hydrogen) atoms. The van der Waals surface area contributed by atoms with Crippen molar-refractivity contribution >= 4 is 11.9 Å². The normalized spacial score (nSPS) is 13.5. The third-order valence-corrected chi connectivity index (χ3v) is 4.10. The van der Waals surface area contributed by atoms with Gasteiger partial charge < -0.3 is 9.47 Å². The van der Waals surface area contributed by atoms with Crippen molar-refractivity contribution in [3.63, 3.8) is 0 Å². The minimum absolute atomic E-state index is 0.384. The fourth-order valence-electron chi connectivity index (χ4n) is 2.50. The number of rotatable bonds is 4. The van der Waals surface area contributed by atoms with Gasteiger partial charge in [0.1, 0.15) is 11.5 Å². The van der Waals surface area contributed by atoms with E-state index in [1.807, 2.05) is 38.1 Å². The van der Waals surface area contributed by atoms with E-state index in [9.17, 15) is 9.59 Å². The molecule has 0 unspecified atom stereocenters. The van der Waals surface area contributed by atoms with E-state index >= 15 is 0 Å². The molecule has 2 aromatic rings. The molecule has 0 spiro atoms. The molecule has 0 fully saturated rings. The quantitative estimate of drug-likeness (QED) is 0.739. The molecule has 4 heteroatoms. The summed E-state index contributed by atoms with van der Waals surface area (Å²) < 4.78 is 10.8. The van der Waals surface area contributed by atoms with Crippen LogP contribution in [0.5, 0.6) is 0 Å². The van der Waals surface area contributed by atoms with Gasteiger partial charge in [-0.3, -0.25) is 0 Å². The van der Waals surface area contributed by atoms with Crippen LogP contribution in [0, 0.1) is 13.8 Å². The van der Waals surface area contributed by atoms with E-state index in [1.54, 1.807) is 36.4 Å². The van der Waals surface area contributed by atoms with Crippen LogP contribution in [-0.2, 0) is 9.47 Å². The fourth-order valence-corrected chi connectivity index (χ4v) is 2.50. The highest BCUT2D eigenvalue weighted by molar-refractivity contribution is 5.90. The number of benzene rings is 2. The van der Waals surface area contributed by atoms with Crippen molar-refractivity contribution in [1.29, 1.82) is 0 Å². The number of esters is 2. The Morgan fingerprint density at radius 3 is 1.31 bits per heavy atom. The molecule has 0 amide bonds. The summed E-state index contributed by atoms with van der Waals surface area (Å²) in [6.07, 6.45) is 4.36. The topological polar surface area (TPSA) is 52.6 Å². The van der Waals surface area contributed by atoms with Gasteiger partial charge in [-0.1, -0.05) is 35.4 Å². The third-order valence-electron chi connectivity index (χ3n) is 4.10. The molecular weight excluding hydrogens is 328 g/mol. The van der Waals surface area contributed by atoms with Gasteiger partial charge in [0.2, 0.25) is 0 Å². The van der Waals surface area contributed by atoms with Crippen molar-refractivity contribution in [2.75, 3.05) is 0 Å². The Morgan fingerprint density at radius 1 is 0.654 bits per heavy atom. The minimum Gasteiger partial charge on any atom is -0.427 e. The molecule has 1 aliphatic rings. The lowest BCUT2D eigenvalue weighted by Gasteiger charge is -2.15. The Labute approximate surface area is 152 Å². The molecule has 0 atom stereocenters. The van der Waals surface area contributed by atoms with E-state index < -0.39 is 0 Å². The Kier molecular flexibility index (Phi) is 5.32. The number of hydrogen-bond donors (Lipinski definition) is 0. The molecule has 0 saturated carbocycles. The zero-order valence-electron chi connectivity index (χ0n) is 14.8. The lowest BCUT2D eigenvalue weighted by atomic mass is 10.1. The van der Waals surface area contributed by atoms with Gasteiger partial charge in [0.25, 0.3) is 0 Å². The summed E-state index contributed by atoms with van der Waals surface area (Å²) in [6.45, 7) is 3.92. The molecule has 0 aliphatic heterocycles. The van der Waals surface area contributed by atoms with Crippen LogP contribution in [0.2, 0.25) is 0 Å². The summed E-state index contributed by atoms with van der Waals surface area (Å²) in [6, 6.07) is 14.4. The minimum atomic E-state index is -0.384. The number of allylic oxidation sites excluding steroid dienone is 4. The molecular formula is C22H20O4. The molecule has 1 aliphatic carbocycles. The summed E-state index contributed by atoms with van der Waals surface area (Å²) in [5, 5.41) is 0. The number of hydrogen-bond acceptors (Lipinski definition) is 4. The second-order valence-corrected chi connectivity index (χ2v) is 6.28. The highest BCUT2D eigenvalue weighted by Gasteiger charge is 2.16. The third kappa shape index (κ3) is 4.48. The first-order valence-corrected chi connectivity index (χ1v) is 8.49. The van der Waals surface area contributed by atoms with Crippen molar-refractivity contribution in [3.05, 3.63) is 94.5 Å². The Hall–Kier alpha value is -3.14. The molecule has 132 valence electrons. The summed E-state index contributed by atoms with van der Waals surface area (Å²) in [7, 11) is 0. The molecule has 0 radical (unpaired) electrons. The summed E-state index contributed by atoms with van der Waals surface area (Å²) in [5.74, 6) is 0.353. The van der Waals surface area contributed by atoms with Crippen LogP contribution in [0.15, 0.2) is 72.2 Å². The first-order valence-electron chi connectivity index (χ1n) is 8.49. The number of carbonyl (C=O) groups excluding carboxylic acids is 2. The van der Waals surface area contributed by atoms with Crippen LogP contribution in [0.1, 0.15) is 44.7 Å². The predicted molar refractivity (Wildman–Crippen MR) is 98.6 cm³/mol. The number of ether oxygens (including phenoxy) is 2. The summed E-state index contributed by atoms with van der Waals surface area (Å²) >= 11 is 0. The zero-order valence-corrected chi connectivity index (χ0v) is 14.8. The fraction of sp³-hybridized carbons (Fsp3) is 0.182. The van der Waals surface area contributed by atoms with E-state index in [2.05, 4.69) is 0 Å². The van der Waals surface area contributed by atoms with Crippen LogP contribution in [-0.4, -0.2) is 11.9 Å². The van der Waals surface area contributed by atoms with Crippen LogP contribution < -0.4 is 0 Å². The monoisotopic (exact) mass is 348 g/mol. The van der Waals surface area contributed by atoms with Crippen molar-refractivity contribution in [2.45, 2.75) is 26.7 Å². The van der Waals surface area contributed by atoms with Crippen molar-refractivity contribution in [1.82, 2.24) is 0 Å². The molecule has 0 aromatic heterocycles. The van der Waals surface area contributed by atoms with Crippen molar-refractivity contribution in [2.24, 2.45) is 0 Å². The van der Waals surface area contributed by atoms with Gasteiger partial charge in [-0.15, -0.1) is 0 Å². The summed E-state index contributed by atoms with van der Waals surface area (Å²) in [4.78, 5) is 24.3. The van der Waals surface area contributed by atoms with Crippen LogP contribution in [0.4, 0.5) is 0 Å². The van der Waals surface area contributed by atoms with Gasteiger partial charge in [0, 0.05) is 12.8 Å². The molecule has 2 aromatic carbocycles. The molecule has 0 bridgehead atoms. The number of carbonyl (C=O) groups is 2. The standard InChI is InChI=1S/C22H20O4/c1-15-3-7-17(8-4-15)21(23)25-19-11-13-20(14-12-19)26-22(24)18-9-5-16(2)6-10-18/h3-11,13H,12,14H2,1-2H3. The Bertz CT molecular complexity index is 796. The lowest BCUT2D eigenvalue weighted by Crippen LogP contribution is -2.10. The largest absolute Gasteiger partial charge is 0.427 e. The van der Waals surface area contributed by atoms with Gasteiger partial charge in [0.15, 0.2) is 0 Å². The maximum atomic E-state index is 12.1. The Morgan fingerprint density at radius 2 is 1.00 bits per heavy atom. The van der Waals surface area contributed by atoms with Gasteiger partial charge in [0.05, 0.1) is 11.1 Å². The average molecular weight is 348 g/mol. The predicted octanol–water partition coefficient (Wildman–Crippen LogP) is 4.88. The highest BCUT2D eigenvalue weighted by atomic mass is 16.5. The van der Waals surface area contributed by atoms with Gasteiger partial charge in [-0.25, -0.2) is 9.59 Å². The average Bonchev–Trinajstić information content (AvgIpc) is 2.64. The van der Waals surface area contributed by atoms with Crippen LogP contribution in [0.25, 0.3) is 0 Å². The van der Waals surface area contributed by atoms with E-state index in [4.69, 9.17) is 9.47 Å². The molecule has 0 saturated heterocycles. The maximum absolute atomic E-state index is 12.1. The van der Waals surface area contributed by atoms with Gasteiger partial charge in [-0.2, -0.15) is 0 Å². The summed E-state index contributed by atoms with van der Waals surface area (Å²) in [5.41, 5.74) is 3.19. The van der Waals surface area contributed by atoms with Gasteiger partial charge in [-0.05, 0) is 50.3 Å². The van der Waals surface area contributed by atoms with E-state index in [-0.39, 0.29) is 11.9 Å². The first-order chi connectivity index (χ1) is 12.5. The first kappa shape index (κ1) is 17.7. The van der Waals surface area contributed by atoms with Gasteiger partial charge >= 0.3 is 11.9 Å².